The fourth-order valence-corrected chi connectivity index (χ4v) is 4.88. The number of benzene rings is 3. The van der Waals surface area contributed by atoms with Crippen molar-refractivity contribution >= 4 is 28.9 Å². The van der Waals surface area contributed by atoms with E-state index in [4.69, 9.17) is 0 Å². The normalized spacial score (nSPS) is 14.5. The van der Waals surface area contributed by atoms with Crippen molar-refractivity contribution < 1.29 is 22.8 Å². The third-order valence-corrected chi connectivity index (χ3v) is 6.79. The first kappa shape index (κ1) is 25.3. The zero-order valence-electron chi connectivity index (χ0n) is 21.2. The Morgan fingerprint density at radius 1 is 1.03 bits per heavy atom. The molecule has 2 heterocycles. The van der Waals surface area contributed by atoms with Crippen LogP contribution in [0.5, 0.6) is 0 Å². The average molecular weight is 519 g/mol. The summed E-state index contributed by atoms with van der Waals surface area (Å²) in [6.45, 7) is 5.43. The van der Waals surface area contributed by atoms with Crippen molar-refractivity contribution in [2.45, 2.75) is 32.4 Å². The van der Waals surface area contributed by atoms with E-state index < -0.39 is 28.6 Å². The van der Waals surface area contributed by atoms with E-state index in [9.17, 15) is 22.8 Å². The topological polar surface area (TPSA) is 67.2 Å². The molecule has 9 heteroatoms. The number of aryl methyl sites for hydroxylation is 2. The lowest BCUT2D eigenvalue weighted by molar-refractivity contribution is -0.137. The van der Waals surface area contributed by atoms with Gasteiger partial charge in [0.25, 0.3) is 5.91 Å². The molecule has 0 saturated carbocycles. The molecule has 0 atom stereocenters. The number of anilines is 3. The molecule has 194 valence electrons. The second-order valence-electron chi connectivity index (χ2n) is 9.92. The number of carbonyl (C=O) groups excluding carboxylic acids is 2. The van der Waals surface area contributed by atoms with E-state index in [1.807, 2.05) is 6.92 Å². The number of nitrogens with zero attached hydrogens (tertiary/aromatic N) is 3. The lowest BCUT2D eigenvalue weighted by Crippen LogP contribution is -2.33. The molecule has 2 amide bonds. The van der Waals surface area contributed by atoms with Crippen LogP contribution in [0, 0.1) is 6.92 Å². The molecule has 0 aliphatic carbocycles. The minimum atomic E-state index is -4.73. The van der Waals surface area contributed by atoms with Gasteiger partial charge in [0.05, 0.1) is 34.1 Å². The summed E-state index contributed by atoms with van der Waals surface area (Å²) in [4.78, 5) is 28.2. The van der Waals surface area contributed by atoms with Crippen molar-refractivity contribution in [2.75, 3.05) is 10.2 Å². The zero-order chi connectivity index (χ0) is 27.4. The van der Waals surface area contributed by atoms with Crippen LogP contribution in [0.25, 0.3) is 11.1 Å². The van der Waals surface area contributed by atoms with Gasteiger partial charge in [0.2, 0.25) is 5.91 Å². The van der Waals surface area contributed by atoms with Gasteiger partial charge < -0.3 is 5.32 Å². The van der Waals surface area contributed by atoms with Crippen LogP contribution in [0.15, 0.2) is 73.1 Å². The van der Waals surface area contributed by atoms with Crippen molar-refractivity contribution in [3.8, 4) is 11.1 Å². The summed E-state index contributed by atoms with van der Waals surface area (Å²) < 4.78 is 43.4. The van der Waals surface area contributed by atoms with Gasteiger partial charge in [-0.05, 0) is 67.8 Å². The molecule has 3 aromatic carbocycles. The van der Waals surface area contributed by atoms with Gasteiger partial charge in [-0.2, -0.15) is 18.3 Å². The summed E-state index contributed by atoms with van der Waals surface area (Å²) >= 11 is 0. The van der Waals surface area contributed by atoms with Gasteiger partial charge in [0.15, 0.2) is 0 Å². The fourth-order valence-electron chi connectivity index (χ4n) is 4.88. The molecule has 1 N–H and O–H groups in total. The second kappa shape index (κ2) is 8.86. The van der Waals surface area contributed by atoms with Gasteiger partial charge in [-0.25, -0.2) is 0 Å². The van der Waals surface area contributed by atoms with E-state index in [1.54, 1.807) is 85.3 Å². The number of aromatic nitrogens is 2. The van der Waals surface area contributed by atoms with Crippen LogP contribution in [-0.2, 0) is 23.4 Å². The van der Waals surface area contributed by atoms with E-state index in [0.717, 1.165) is 11.6 Å². The lowest BCUT2D eigenvalue weighted by Gasteiger charge is -2.21. The molecule has 5 rings (SSSR count). The first-order chi connectivity index (χ1) is 17.9. The standard InChI is InChI=1S/C29H25F3N4O2/c1-17-8-11-19(12-9-17)34-26(37)22-14-18(10-13-23(22)29(30,31)32)21-6-5-7-24-25(21)28(2,3)27(38)36(24)20-15-33-35(4)16-20/h5-16H,1-4H3,(H,34,37). The molecule has 1 aliphatic rings. The van der Waals surface area contributed by atoms with Crippen molar-refractivity contribution in [3.05, 3.63) is 95.3 Å². The minimum Gasteiger partial charge on any atom is -0.322 e. The van der Waals surface area contributed by atoms with Crippen LogP contribution in [0.2, 0.25) is 0 Å². The molecule has 1 aromatic heterocycles. The monoisotopic (exact) mass is 518 g/mol. The van der Waals surface area contributed by atoms with Crippen LogP contribution in [0.1, 0.15) is 40.9 Å². The Morgan fingerprint density at radius 2 is 1.74 bits per heavy atom. The highest BCUT2D eigenvalue weighted by Gasteiger charge is 2.46. The van der Waals surface area contributed by atoms with E-state index in [0.29, 0.717) is 33.8 Å². The van der Waals surface area contributed by atoms with Crippen molar-refractivity contribution in [2.24, 2.45) is 7.05 Å². The van der Waals surface area contributed by atoms with Crippen LogP contribution in [-0.4, -0.2) is 21.6 Å². The van der Waals surface area contributed by atoms with Crippen molar-refractivity contribution in [1.82, 2.24) is 9.78 Å². The van der Waals surface area contributed by atoms with E-state index in [2.05, 4.69) is 10.4 Å². The van der Waals surface area contributed by atoms with Gasteiger partial charge in [0.1, 0.15) is 0 Å². The Labute approximate surface area is 217 Å². The number of rotatable bonds is 4. The number of amides is 2. The first-order valence-corrected chi connectivity index (χ1v) is 11.9. The third-order valence-electron chi connectivity index (χ3n) is 6.79. The number of fused-ring (bicyclic) bond motifs is 1. The number of hydrogen-bond donors (Lipinski definition) is 1. The molecule has 0 unspecified atom stereocenters. The number of hydrogen-bond acceptors (Lipinski definition) is 3. The highest BCUT2D eigenvalue weighted by Crippen LogP contribution is 2.49. The van der Waals surface area contributed by atoms with E-state index >= 15 is 0 Å². The van der Waals surface area contributed by atoms with Gasteiger partial charge in [-0.15, -0.1) is 0 Å². The summed E-state index contributed by atoms with van der Waals surface area (Å²) in [5, 5.41) is 6.74. The summed E-state index contributed by atoms with van der Waals surface area (Å²) in [6.07, 6.45) is -1.42. The average Bonchev–Trinajstić information content (AvgIpc) is 3.37. The largest absolute Gasteiger partial charge is 0.417 e. The maximum Gasteiger partial charge on any atom is 0.417 e. The van der Waals surface area contributed by atoms with Crippen molar-refractivity contribution in [1.29, 1.82) is 0 Å². The quantitative estimate of drug-likeness (QED) is 0.330. The van der Waals surface area contributed by atoms with Gasteiger partial charge >= 0.3 is 6.18 Å². The SMILES string of the molecule is Cc1ccc(NC(=O)c2cc(-c3cccc4c3C(C)(C)C(=O)N4c3cnn(C)c3)ccc2C(F)(F)F)cc1. The Bertz CT molecular complexity index is 1570. The number of alkyl halides is 3. The summed E-state index contributed by atoms with van der Waals surface area (Å²) in [7, 11) is 1.75. The number of carbonyl (C=O) groups is 2. The molecule has 0 radical (unpaired) electrons. The van der Waals surface area contributed by atoms with Crippen LogP contribution in [0.4, 0.5) is 30.2 Å². The first-order valence-electron chi connectivity index (χ1n) is 11.9. The lowest BCUT2D eigenvalue weighted by atomic mass is 9.81. The number of nitrogens with one attached hydrogen (secondary N) is 1. The molecule has 0 saturated heterocycles. The smallest absolute Gasteiger partial charge is 0.322 e. The number of halogens is 3. The Kier molecular flexibility index (Phi) is 5.89. The molecule has 0 bridgehead atoms. The Hall–Kier alpha value is -4.40. The molecule has 38 heavy (non-hydrogen) atoms. The van der Waals surface area contributed by atoms with Gasteiger partial charge in [-0.3, -0.25) is 19.2 Å². The molecule has 4 aromatic rings. The van der Waals surface area contributed by atoms with E-state index in [1.165, 1.54) is 12.1 Å². The fraction of sp³-hybridized carbons (Fsp3) is 0.207. The van der Waals surface area contributed by atoms with Gasteiger partial charge in [0, 0.05) is 18.9 Å². The maximum absolute atomic E-state index is 13.9. The zero-order valence-corrected chi connectivity index (χ0v) is 21.2. The minimum absolute atomic E-state index is 0.183. The third kappa shape index (κ3) is 4.23. The summed E-state index contributed by atoms with van der Waals surface area (Å²) in [5.41, 5.74) is 1.68. The predicted molar refractivity (Wildman–Crippen MR) is 139 cm³/mol. The van der Waals surface area contributed by atoms with Crippen LogP contribution >= 0.6 is 0 Å². The molecule has 0 fully saturated rings. The molecule has 1 aliphatic heterocycles. The van der Waals surface area contributed by atoms with Crippen LogP contribution in [0.3, 0.4) is 0 Å². The molecular weight excluding hydrogens is 493 g/mol. The van der Waals surface area contributed by atoms with Crippen molar-refractivity contribution in [3.63, 3.8) is 0 Å². The maximum atomic E-state index is 13.9. The molecule has 6 nitrogen and oxygen atoms in total. The second-order valence-corrected chi connectivity index (χ2v) is 9.92. The van der Waals surface area contributed by atoms with E-state index in [-0.39, 0.29) is 5.91 Å². The van der Waals surface area contributed by atoms with Gasteiger partial charge in [-0.1, -0.05) is 35.9 Å². The Morgan fingerprint density at radius 3 is 2.37 bits per heavy atom. The van der Waals surface area contributed by atoms with Crippen LogP contribution < -0.4 is 10.2 Å². The summed E-state index contributed by atoms with van der Waals surface area (Å²) in [6, 6.07) is 15.6. The molecular formula is C29H25F3N4O2. The highest BCUT2D eigenvalue weighted by atomic mass is 19.4. The predicted octanol–water partition coefficient (Wildman–Crippen LogP) is 6.62. The summed E-state index contributed by atoms with van der Waals surface area (Å²) in [5.74, 6) is -1.06. The highest BCUT2D eigenvalue weighted by molar-refractivity contribution is 6.14. The Balaban J connectivity index is 1.64. The molecule has 0 spiro atoms.